The third-order valence-corrected chi connectivity index (χ3v) is 3.42. The minimum absolute atomic E-state index is 0.304. The SMILES string of the molecule is N#CCc1csc(-c2ccc3[nH]c(=O)oc3c2)n1. The van der Waals surface area contributed by atoms with Gasteiger partial charge in [-0.25, -0.2) is 9.78 Å². The highest BCUT2D eigenvalue weighted by atomic mass is 32.1. The summed E-state index contributed by atoms with van der Waals surface area (Å²) in [7, 11) is 0. The topological polar surface area (TPSA) is 82.7 Å². The molecule has 88 valence electrons. The molecule has 0 fully saturated rings. The molecule has 6 heteroatoms. The van der Waals surface area contributed by atoms with Crippen LogP contribution in [0.4, 0.5) is 0 Å². The zero-order valence-electron chi connectivity index (χ0n) is 9.14. The monoisotopic (exact) mass is 257 g/mol. The van der Waals surface area contributed by atoms with Crippen molar-refractivity contribution in [1.82, 2.24) is 9.97 Å². The molecule has 1 N–H and O–H groups in total. The molecule has 0 aliphatic heterocycles. The lowest BCUT2D eigenvalue weighted by Gasteiger charge is -1.94. The van der Waals surface area contributed by atoms with Crippen molar-refractivity contribution in [1.29, 1.82) is 5.26 Å². The van der Waals surface area contributed by atoms with Crippen molar-refractivity contribution < 1.29 is 4.42 Å². The molecule has 3 aromatic rings. The van der Waals surface area contributed by atoms with Gasteiger partial charge in [0.25, 0.3) is 0 Å². The molecule has 0 atom stereocenters. The summed E-state index contributed by atoms with van der Waals surface area (Å²) in [6.07, 6.45) is 0.304. The Hall–Kier alpha value is -2.39. The fourth-order valence-electron chi connectivity index (χ4n) is 1.68. The van der Waals surface area contributed by atoms with E-state index in [1.54, 1.807) is 12.1 Å². The smallest absolute Gasteiger partial charge is 0.408 e. The third-order valence-electron chi connectivity index (χ3n) is 2.48. The van der Waals surface area contributed by atoms with Crippen molar-refractivity contribution in [2.24, 2.45) is 0 Å². The number of nitriles is 1. The van der Waals surface area contributed by atoms with Crippen LogP contribution in [-0.4, -0.2) is 9.97 Å². The lowest BCUT2D eigenvalue weighted by molar-refractivity contribution is 0.555. The Balaban J connectivity index is 2.07. The number of thiazole rings is 1. The van der Waals surface area contributed by atoms with E-state index in [1.165, 1.54) is 11.3 Å². The standard InChI is InChI=1S/C12H7N3O2S/c13-4-3-8-6-18-11(14-8)7-1-2-9-10(5-7)17-12(16)15-9/h1-2,5-6H,3H2,(H,15,16). The van der Waals surface area contributed by atoms with Crippen molar-refractivity contribution >= 4 is 22.4 Å². The maximum absolute atomic E-state index is 11.1. The normalized spacial score (nSPS) is 10.6. The Morgan fingerprint density at radius 3 is 3.22 bits per heavy atom. The molecule has 0 radical (unpaired) electrons. The van der Waals surface area contributed by atoms with E-state index in [-0.39, 0.29) is 0 Å². The van der Waals surface area contributed by atoms with E-state index in [0.717, 1.165) is 16.3 Å². The zero-order chi connectivity index (χ0) is 12.5. The molecule has 0 aliphatic rings. The van der Waals surface area contributed by atoms with Crippen LogP contribution >= 0.6 is 11.3 Å². The van der Waals surface area contributed by atoms with Crippen molar-refractivity contribution in [3.63, 3.8) is 0 Å². The predicted molar refractivity (Wildman–Crippen MR) is 67.3 cm³/mol. The molecular weight excluding hydrogens is 250 g/mol. The predicted octanol–water partition coefficient (Wildman–Crippen LogP) is 2.31. The van der Waals surface area contributed by atoms with Crippen LogP contribution in [0.2, 0.25) is 0 Å². The van der Waals surface area contributed by atoms with Gasteiger partial charge in [-0.15, -0.1) is 11.3 Å². The van der Waals surface area contributed by atoms with Gasteiger partial charge >= 0.3 is 5.76 Å². The number of fused-ring (bicyclic) bond motifs is 1. The second kappa shape index (κ2) is 4.13. The van der Waals surface area contributed by atoms with Crippen LogP contribution in [0.1, 0.15) is 5.69 Å². The highest BCUT2D eigenvalue weighted by Crippen LogP contribution is 2.26. The van der Waals surface area contributed by atoms with E-state index in [9.17, 15) is 4.79 Å². The van der Waals surface area contributed by atoms with Gasteiger partial charge in [0.2, 0.25) is 0 Å². The molecule has 5 nitrogen and oxygen atoms in total. The van der Waals surface area contributed by atoms with E-state index < -0.39 is 5.76 Å². The van der Waals surface area contributed by atoms with Gasteiger partial charge in [-0.1, -0.05) is 0 Å². The number of hydrogen-bond donors (Lipinski definition) is 1. The van der Waals surface area contributed by atoms with Crippen LogP contribution < -0.4 is 5.76 Å². The van der Waals surface area contributed by atoms with E-state index in [4.69, 9.17) is 9.68 Å². The van der Waals surface area contributed by atoms with Gasteiger partial charge in [0, 0.05) is 10.9 Å². The molecule has 3 rings (SSSR count). The maximum atomic E-state index is 11.1. The number of oxazole rings is 1. The van der Waals surface area contributed by atoms with Gasteiger partial charge in [-0.3, -0.25) is 4.98 Å². The first-order valence-electron chi connectivity index (χ1n) is 5.21. The number of nitrogens with one attached hydrogen (secondary N) is 1. The lowest BCUT2D eigenvalue weighted by atomic mass is 10.2. The molecule has 0 aliphatic carbocycles. The number of H-pyrrole nitrogens is 1. The highest BCUT2D eigenvalue weighted by molar-refractivity contribution is 7.13. The minimum atomic E-state index is -0.466. The number of nitrogens with zero attached hydrogens (tertiary/aromatic N) is 2. The van der Waals surface area contributed by atoms with Crippen LogP contribution in [0.15, 0.2) is 32.8 Å². The number of aromatic nitrogens is 2. The molecule has 0 saturated carbocycles. The zero-order valence-corrected chi connectivity index (χ0v) is 9.95. The Morgan fingerprint density at radius 1 is 1.50 bits per heavy atom. The van der Waals surface area contributed by atoms with E-state index >= 15 is 0 Å². The minimum Gasteiger partial charge on any atom is -0.408 e. The van der Waals surface area contributed by atoms with E-state index in [0.29, 0.717) is 17.5 Å². The Morgan fingerprint density at radius 2 is 2.39 bits per heavy atom. The Bertz CT molecular complexity index is 806. The van der Waals surface area contributed by atoms with Gasteiger partial charge in [-0.2, -0.15) is 5.26 Å². The fraction of sp³-hybridized carbons (Fsp3) is 0.0833. The summed E-state index contributed by atoms with van der Waals surface area (Å²) in [5, 5.41) is 11.3. The van der Waals surface area contributed by atoms with Crippen LogP contribution in [0, 0.1) is 11.3 Å². The maximum Gasteiger partial charge on any atom is 0.417 e. The molecule has 0 unspecified atom stereocenters. The summed E-state index contributed by atoms with van der Waals surface area (Å²) in [5.41, 5.74) is 2.81. The Labute approximate surface area is 105 Å². The van der Waals surface area contributed by atoms with Gasteiger partial charge in [0.05, 0.1) is 23.7 Å². The van der Waals surface area contributed by atoms with Crippen molar-refractivity contribution in [2.45, 2.75) is 6.42 Å². The molecule has 2 aromatic heterocycles. The van der Waals surface area contributed by atoms with Crippen molar-refractivity contribution in [2.75, 3.05) is 0 Å². The largest absolute Gasteiger partial charge is 0.417 e. The average Bonchev–Trinajstić information content (AvgIpc) is 2.93. The first kappa shape index (κ1) is 10.7. The van der Waals surface area contributed by atoms with Gasteiger partial charge < -0.3 is 4.42 Å². The molecule has 1 aromatic carbocycles. The molecule has 0 spiro atoms. The summed E-state index contributed by atoms with van der Waals surface area (Å²) < 4.78 is 5.00. The summed E-state index contributed by atoms with van der Waals surface area (Å²) in [6, 6.07) is 7.47. The molecular formula is C12H7N3O2S. The van der Waals surface area contributed by atoms with Crippen LogP contribution in [0.25, 0.3) is 21.7 Å². The quantitative estimate of drug-likeness (QED) is 0.763. The number of hydrogen-bond acceptors (Lipinski definition) is 5. The summed E-state index contributed by atoms with van der Waals surface area (Å²) in [5.74, 6) is -0.466. The lowest BCUT2D eigenvalue weighted by Crippen LogP contribution is -1.92. The highest BCUT2D eigenvalue weighted by Gasteiger charge is 2.07. The molecule has 0 bridgehead atoms. The first-order valence-corrected chi connectivity index (χ1v) is 6.09. The fourth-order valence-corrected chi connectivity index (χ4v) is 2.50. The van der Waals surface area contributed by atoms with Gasteiger partial charge in [-0.05, 0) is 18.2 Å². The van der Waals surface area contributed by atoms with Crippen LogP contribution in [-0.2, 0) is 6.42 Å². The van der Waals surface area contributed by atoms with Gasteiger partial charge in [0.15, 0.2) is 5.58 Å². The number of benzene rings is 1. The van der Waals surface area contributed by atoms with Crippen molar-refractivity contribution in [3.8, 4) is 16.6 Å². The average molecular weight is 257 g/mol. The van der Waals surface area contributed by atoms with Crippen LogP contribution in [0.3, 0.4) is 0 Å². The molecule has 18 heavy (non-hydrogen) atoms. The van der Waals surface area contributed by atoms with Crippen LogP contribution in [0.5, 0.6) is 0 Å². The Kier molecular flexibility index (Phi) is 2.46. The second-order valence-electron chi connectivity index (χ2n) is 3.70. The summed E-state index contributed by atoms with van der Waals surface area (Å²) in [4.78, 5) is 18.0. The van der Waals surface area contributed by atoms with Crippen molar-refractivity contribution in [3.05, 3.63) is 39.8 Å². The van der Waals surface area contributed by atoms with E-state index in [2.05, 4.69) is 16.0 Å². The van der Waals surface area contributed by atoms with E-state index in [1.807, 2.05) is 11.4 Å². The summed E-state index contributed by atoms with van der Waals surface area (Å²) >= 11 is 1.47. The third kappa shape index (κ3) is 1.81. The summed E-state index contributed by atoms with van der Waals surface area (Å²) in [6.45, 7) is 0. The molecule has 0 saturated heterocycles. The number of aromatic amines is 1. The molecule has 2 heterocycles. The number of rotatable bonds is 2. The molecule has 0 amide bonds. The first-order chi connectivity index (χ1) is 8.76. The van der Waals surface area contributed by atoms with Gasteiger partial charge in [0.1, 0.15) is 5.01 Å². The second-order valence-corrected chi connectivity index (χ2v) is 4.56.